The van der Waals surface area contributed by atoms with Gasteiger partial charge in [-0.1, -0.05) is 0 Å². The van der Waals surface area contributed by atoms with Crippen LogP contribution >= 0.6 is 0 Å². The molecule has 0 atom stereocenters. The van der Waals surface area contributed by atoms with E-state index in [1.807, 2.05) is 0 Å². The van der Waals surface area contributed by atoms with Crippen molar-refractivity contribution in [3.8, 4) is 17.0 Å². The van der Waals surface area contributed by atoms with E-state index in [0.29, 0.717) is 0 Å². The lowest BCUT2D eigenvalue weighted by Crippen LogP contribution is -2.07. The zero-order valence-electron chi connectivity index (χ0n) is 10.4. The maximum atomic E-state index is 13.8. The quantitative estimate of drug-likeness (QED) is 0.378. The Morgan fingerprint density at radius 2 is 1.48 bits per heavy atom. The van der Waals surface area contributed by atoms with E-state index in [0.717, 1.165) is 19.4 Å². The lowest BCUT2D eigenvalue weighted by Gasteiger charge is -2.12. The first-order valence-electron chi connectivity index (χ1n) is 5.44. The molecule has 0 amide bonds. The summed E-state index contributed by atoms with van der Waals surface area (Å²) >= 11 is 0. The van der Waals surface area contributed by atoms with Crippen LogP contribution in [0.5, 0.6) is 5.88 Å². The van der Waals surface area contributed by atoms with E-state index in [-0.39, 0.29) is 11.8 Å². The van der Waals surface area contributed by atoms with Crippen LogP contribution in [0.3, 0.4) is 0 Å². The molecule has 21 heavy (non-hydrogen) atoms. The number of methoxy groups -OCH3 is 1. The van der Waals surface area contributed by atoms with E-state index < -0.39 is 46.1 Å². The third kappa shape index (κ3) is 2.22. The fourth-order valence-corrected chi connectivity index (χ4v) is 1.79. The first kappa shape index (κ1) is 14.9. The van der Waals surface area contributed by atoms with Gasteiger partial charge in [0.05, 0.1) is 18.2 Å². The number of carbonyl (C=O) groups excluding carboxylic acids is 1. The summed E-state index contributed by atoms with van der Waals surface area (Å²) in [6, 6.07) is 1.06. The molecule has 0 aliphatic heterocycles. The van der Waals surface area contributed by atoms with E-state index >= 15 is 0 Å². The number of ether oxygens (including phenoxy) is 1. The second-order valence-electron chi connectivity index (χ2n) is 3.85. The number of hydrogen-bond acceptors (Lipinski definition) is 3. The second-order valence-corrected chi connectivity index (χ2v) is 3.85. The van der Waals surface area contributed by atoms with Gasteiger partial charge in [0.1, 0.15) is 0 Å². The van der Waals surface area contributed by atoms with Gasteiger partial charge in [-0.2, -0.15) is 0 Å². The van der Waals surface area contributed by atoms with Crippen molar-refractivity contribution in [2.45, 2.75) is 0 Å². The van der Waals surface area contributed by atoms with Crippen LogP contribution in [0.4, 0.5) is 22.0 Å². The average molecular weight is 303 g/mol. The van der Waals surface area contributed by atoms with Crippen molar-refractivity contribution >= 4 is 6.29 Å². The Hall–Kier alpha value is -2.51. The highest BCUT2D eigenvalue weighted by Gasteiger charge is 2.30. The summed E-state index contributed by atoms with van der Waals surface area (Å²) in [7, 11) is 1.08. The first-order valence-corrected chi connectivity index (χ1v) is 5.44. The zero-order chi connectivity index (χ0) is 15.7. The summed E-state index contributed by atoms with van der Waals surface area (Å²) in [5.41, 5.74) is -2.20. The van der Waals surface area contributed by atoms with Crippen LogP contribution < -0.4 is 4.74 Å². The van der Waals surface area contributed by atoms with Gasteiger partial charge in [-0.05, 0) is 6.07 Å². The lowest BCUT2D eigenvalue weighted by molar-refractivity contribution is 0.112. The van der Waals surface area contributed by atoms with Crippen molar-refractivity contribution < 1.29 is 31.5 Å². The molecule has 1 aromatic carbocycles. The van der Waals surface area contributed by atoms with Crippen LogP contribution in [0.2, 0.25) is 0 Å². The minimum atomic E-state index is -2.29. The van der Waals surface area contributed by atoms with Crippen molar-refractivity contribution in [1.29, 1.82) is 0 Å². The van der Waals surface area contributed by atoms with Crippen LogP contribution in [0.15, 0.2) is 12.3 Å². The molecule has 0 bridgehead atoms. The molecular formula is C13H6F5NO2. The number of pyridine rings is 1. The Labute approximate surface area is 115 Å². The highest BCUT2D eigenvalue weighted by molar-refractivity contribution is 5.90. The van der Waals surface area contributed by atoms with Crippen molar-refractivity contribution in [2.24, 2.45) is 0 Å². The maximum absolute atomic E-state index is 13.8. The highest BCUT2D eigenvalue weighted by atomic mass is 19.2. The number of hydrogen-bond donors (Lipinski definition) is 0. The fraction of sp³-hybridized carbons (Fsp3) is 0.0769. The SMILES string of the molecule is COc1nccc(C=O)c1-c1c(F)c(F)c(F)c(F)c1F. The van der Waals surface area contributed by atoms with Gasteiger partial charge >= 0.3 is 0 Å². The largest absolute Gasteiger partial charge is 0.481 e. The van der Waals surface area contributed by atoms with Crippen molar-refractivity contribution in [1.82, 2.24) is 4.98 Å². The van der Waals surface area contributed by atoms with Gasteiger partial charge in [0, 0.05) is 11.8 Å². The van der Waals surface area contributed by atoms with Gasteiger partial charge in [0.2, 0.25) is 11.7 Å². The summed E-state index contributed by atoms with van der Waals surface area (Å²) in [6.45, 7) is 0. The summed E-state index contributed by atoms with van der Waals surface area (Å²) in [5.74, 6) is -11.1. The minimum absolute atomic E-state index is 0.192. The molecule has 0 N–H and O–H groups in total. The lowest BCUT2D eigenvalue weighted by atomic mass is 10.00. The number of carbonyl (C=O) groups is 1. The van der Waals surface area contributed by atoms with Crippen molar-refractivity contribution in [2.75, 3.05) is 7.11 Å². The Morgan fingerprint density at radius 1 is 0.952 bits per heavy atom. The Balaban J connectivity index is 2.95. The first-order chi connectivity index (χ1) is 9.93. The smallest absolute Gasteiger partial charge is 0.221 e. The Morgan fingerprint density at radius 3 is 1.95 bits per heavy atom. The maximum Gasteiger partial charge on any atom is 0.221 e. The Bertz CT molecular complexity index is 704. The molecule has 0 saturated heterocycles. The van der Waals surface area contributed by atoms with E-state index in [9.17, 15) is 26.7 Å². The van der Waals surface area contributed by atoms with Gasteiger partial charge in [0.15, 0.2) is 29.6 Å². The fourth-order valence-electron chi connectivity index (χ4n) is 1.79. The number of nitrogens with zero attached hydrogens (tertiary/aromatic N) is 1. The van der Waals surface area contributed by atoms with Gasteiger partial charge in [-0.25, -0.2) is 26.9 Å². The molecule has 3 nitrogen and oxygen atoms in total. The topological polar surface area (TPSA) is 39.2 Å². The Kier molecular flexibility index (Phi) is 3.88. The number of aldehydes is 1. The predicted molar refractivity (Wildman–Crippen MR) is 61.4 cm³/mol. The molecule has 8 heteroatoms. The molecule has 110 valence electrons. The van der Waals surface area contributed by atoms with Gasteiger partial charge in [-0.3, -0.25) is 4.79 Å². The molecule has 0 unspecified atom stereocenters. The molecule has 1 heterocycles. The van der Waals surface area contributed by atoms with Crippen molar-refractivity contribution in [3.63, 3.8) is 0 Å². The molecule has 1 aromatic heterocycles. The van der Waals surface area contributed by atoms with Crippen LogP contribution in [-0.4, -0.2) is 18.4 Å². The molecule has 2 aromatic rings. The number of halogens is 5. The van der Waals surface area contributed by atoms with Crippen LogP contribution in [0.25, 0.3) is 11.1 Å². The molecular weight excluding hydrogens is 297 g/mol. The molecule has 0 aliphatic carbocycles. The summed E-state index contributed by atoms with van der Waals surface area (Å²) in [5, 5.41) is 0. The normalized spacial score (nSPS) is 10.6. The van der Waals surface area contributed by atoms with E-state index in [2.05, 4.69) is 4.98 Å². The monoisotopic (exact) mass is 303 g/mol. The molecule has 0 fully saturated rings. The predicted octanol–water partition coefficient (Wildman–Crippen LogP) is 3.27. The minimum Gasteiger partial charge on any atom is -0.481 e. The van der Waals surface area contributed by atoms with Gasteiger partial charge in [-0.15, -0.1) is 0 Å². The second kappa shape index (κ2) is 5.47. The molecule has 0 saturated carbocycles. The third-order valence-electron chi connectivity index (χ3n) is 2.73. The highest BCUT2D eigenvalue weighted by Crippen LogP contribution is 2.37. The van der Waals surface area contributed by atoms with E-state index in [1.165, 1.54) is 0 Å². The summed E-state index contributed by atoms with van der Waals surface area (Å²) in [6.07, 6.45) is 1.29. The van der Waals surface area contributed by atoms with Crippen LogP contribution in [0, 0.1) is 29.1 Å². The molecule has 2 rings (SSSR count). The average Bonchev–Trinajstić information content (AvgIpc) is 2.51. The number of rotatable bonds is 3. The molecule has 0 aliphatic rings. The van der Waals surface area contributed by atoms with Gasteiger partial charge in [0.25, 0.3) is 0 Å². The summed E-state index contributed by atoms with van der Waals surface area (Å²) in [4.78, 5) is 14.5. The van der Waals surface area contributed by atoms with Gasteiger partial charge < -0.3 is 4.74 Å². The van der Waals surface area contributed by atoms with E-state index in [1.54, 1.807) is 0 Å². The number of benzene rings is 1. The molecule has 0 radical (unpaired) electrons. The van der Waals surface area contributed by atoms with Crippen LogP contribution in [0.1, 0.15) is 10.4 Å². The third-order valence-corrected chi connectivity index (χ3v) is 2.73. The molecule has 0 spiro atoms. The number of aromatic nitrogens is 1. The van der Waals surface area contributed by atoms with Crippen LogP contribution in [-0.2, 0) is 0 Å². The standard InChI is InChI=1S/C13H6F5NO2/c1-21-13-6(5(4-20)2-3-19-13)7-8(14)10(16)12(18)11(17)9(7)15/h2-4H,1H3. The summed E-state index contributed by atoms with van der Waals surface area (Å²) < 4.78 is 71.9. The van der Waals surface area contributed by atoms with Crippen molar-refractivity contribution in [3.05, 3.63) is 46.9 Å². The van der Waals surface area contributed by atoms with E-state index in [4.69, 9.17) is 4.74 Å². The zero-order valence-corrected chi connectivity index (χ0v) is 10.4.